The van der Waals surface area contributed by atoms with Crippen LogP contribution in [0, 0.1) is 6.92 Å². The van der Waals surface area contributed by atoms with E-state index in [0.29, 0.717) is 16.6 Å². The average molecular weight is 538 g/mol. The van der Waals surface area contributed by atoms with Gasteiger partial charge in [-0.25, -0.2) is 0 Å². The van der Waals surface area contributed by atoms with Crippen molar-refractivity contribution in [3.05, 3.63) is 81.2 Å². The van der Waals surface area contributed by atoms with Crippen LogP contribution in [-0.4, -0.2) is 31.2 Å². The summed E-state index contributed by atoms with van der Waals surface area (Å²) in [5, 5.41) is 31.5. The molecule has 2 heterocycles. The first kappa shape index (κ1) is 23.9. The van der Waals surface area contributed by atoms with Crippen LogP contribution in [0.1, 0.15) is 5.69 Å². The summed E-state index contributed by atoms with van der Waals surface area (Å²) in [6.45, 7) is 1.04. The van der Waals surface area contributed by atoms with Crippen LogP contribution in [0.15, 0.2) is 80.3 Å². The van der Waals surface area contributed by atoms with Crippen LogP contribution < -0.4 is 10.7 Å². The van der Waals surface area contributed by atoms with E-state index in [1.54, 1.807) is 48.5 Å². The van der Waals surface area contributed by atoms with Crippen molar-refractivity contribution in [2.24, 2.45) is 10.2 Å². The molecule has 0 fully saturated rings. The molecular weight excluding hydrogens is 518 g/mol. The molecule has 10 nitrogen and oxygen atoms in total. The predicted molar refractivity (Wildman–Crippen MR) is 133 cm³/mol. The molecule has 2 aromatic carbocycles. The normalized spacial score (nSPS) is 11.3. The van der Waals surface area contributed by atoms with E-state index in [1.807, 2.05) is 0 Å². The minimum atomic E-state index is -0.666. The summed E-state index contributed by atoms with van der Waals surface area (Å²) in [7, 11) is 0. The first-order valence-electron chi connectivity index (χ1n) is 10.4. The Morgan fingerprint density at radius 2 is 1.74 bits per heavy atom. The van der Waals surface area contributed by atoms with Gasteiger partial charge in [-0.1, -0.05) is 34.1 Å². The monoisotopic (exact) mass is 537 g/mol. The number of rotatable bonds is 6. The van der Waals surface area contributed by atoms with Crippen molar-refractivity contribution in [2.75, 3.05) is 5.32 Å². The van der Waals surface area contributed by atoms with Gasteiger partial charge in [0.05, 0.1) is 11.2 Å². The van der Waals surface area contributed by atoms with E-state index in [4.69, 9.17) is 0 Å². The highest BCUT2D eigenvalue weighted by Gasteiger charge is 2.19. The lowest BCUT2D eigenvalue weighted by atomic mass is 10.2. The van der Waals surface area contributed by atoms with Gasteiger partial charge >= 0.3 is 0 Å². The second-order valence-corrected chi connectivity index (χ2v) is 8.58. The number of aromatic nitrogens is 2. The molecule has 4 rings (SSSR count). The number of hydrogen-bond acceptors (Lipinski definition) is 6. The minimum absolute atomic E-state index is 0.0462. The van der Waals surface area contributed by atoms with Gasteiger partial charge in [-0.15, -0.1) is 10.2 Å². The second kappa shape index (κ2) is 9.94. The standard InChI is InChI=1S/C24H20BrN5O5/c1-14-23(34)19(31)10-11-29(14)12-21(33)27-28-22-17-4-2-3-5-18(17)30(24(22)35)13-20(32)26-16-8-6-15(25)7-9-16/h2-11,34-35H,12-13H2,1H3,(H,26,32). The number of carbonyl (C=O) groups is 2. The topological polar surface area (TPSA) is 138 Å². The number of carbonyl (C=O) groups excluding carboxylic acids is 2. The summed E-state index contributed by atoms with van der Waals surface area (Å²) in [6.07, 6.45) is 1.37. The number of hydrogen-bond donors (Lipinski definition) is 3. The van der Waals surface area contributed by atoms with Crippen LogP contribution in [0.3, 0.4) is 0 Å². The number of benzene rings is 2. The van der Waals surface area contributed by atoms with Gasteiger partial charge in [-0.05, 0) is 37.3 Å². The van der Waals surface area contributed by atoms with Crippen molar-refractivity contribution in [1.29, 1.82) is 0 Å². The Morgan fingerprint density at radius 1 is 1.03 bits per heavy atom. The third-order valence-corrected chi connectivity index (χ3v) is 5.86. The average Bonchev–Trinajstić information content (AvgIpc) is 3.10. The maximum absolute atomic E-state index is 12.6. The van der Waals surface area contributed by atoms with Gasteiger partial charge < -0.3 is 24.7 Å². The molecule has 0 saturated heterocycles. The van der Waals surface area contributed by atoms with Crippen molar-refractivity contribution in [3.63, 3.8) is 0 Å². The molecule has 0 aliphatic rings. The molecule has 0 atom stereocenters. The third-order valence-electron chi connectivity index (χ3n) is 5.33. The highest BCUT2D eigenvalue weighted by Crippen LogP contribution is 2.38. The number of anilines is 1. The van der Waals surface area contributed by atoms with E-state index in [9.17, 15) is 24.6 Å². The Bertz CT molecular complexity index is 1520. The molecule has 3 N–H and O–H groups in total. The molecule has 0 radical (unpaired) electrons. The lowest BCUT2D eigenvalue weighted by Crippen LogP contribution is -2.18. The van der Waals surface area contributed by atoms with E-state index in [0.717, 1.165) is 10.5 Å². The Morgan fingerprint density at radius 3 is 2.49 bits per heavy atom. The molecular formula is C24H20BrN5O5. The number of nitrogens with zero attached hydrogens (tertiary/aromatic N) is 4. The maximum Gasteiger partial charge on any atom is 0.284 e. The fraction of sp³-hybridized carbons (Fsp3) is 0.125. The largest absolute Gasteiger partial charge is 0.503 e. The molecule has 0 aliphatic heterocycles. The lowest BCUT2D eigenvalue weighted by Gasteiger charge is -2.09. The van der Waals surface area contributed by atoms with Gasteiger partial charge in [-0.2, -0.15) is 0 Å². The molecule has 4 aromatic rings. The van der Waals surface area contributed by atoms with Crippen molar-refractivity contribution in [1.82, 2.24) is 9.13 Å². The van der Waals surface area contributed by atoms with E-state index >= 15 is 0 Å². The van der Waals surface area contributed by atoms with Gasteiger partial charge in [0.2, 0.25) is 17.2 Å². The number of aromatic hydroxyl groups is 2. The van der Waals surface area contributed by atoms with Crippen molar-refractivity contribution in [2.45, 2.75) is 20.0 Å². The number of fused-ring (bicyclic) bond motifs is 1. The van der Waals surface area contributed by atoms with Gasteiger partial charge in [0.25, 0.3) is 5.91 Å². The zero-order valence-electron chi connectivity index (χ0n) is 18.5. The quantitative estimate of drug-likeness (QED) is 0.316. The van der Waals surface area contributed by atoms with Gasteiger partial charge in [0.1, 0.15) is 13.1 Å². The van der Waals surface area contributed by atoms with Crippen molar-refractivity contribution < 1.29 is 19.8 Å². The van der Waals surface area contributed by atoms with E-state index in [-0.39, 0.29) is 36.3 Å². The van der Waals surface area contributed by atoms with Gasteiger partial charge in [-0.3, -0.25) is 14.4 Å². The predicted octanol–water partition coefficient (Wildman–Crippen LogP) is 4.23. The number of nitrogens with one attached hydrogen (secondary N) is 1. The Labute approximate surface area is 207 Å². The Hall–Kier alpha value is -4.25. The summed E-state index contributed by atoms with van der Waals surface area (Å²) < 4.78 is 3.63. The highest BCUT2D eigenvalue weighted by atomic mass is 79.9. The first-order valence-corrected chi connectivity index (χ1v) is 11.2. The van der Waals surface area contributed by atoms with Crippen molar-refractivity contribution >= 4 is 50.0 Å². The molecule has 0 aliphatic carbocycles. The summed E-state index contributed by atoms with van der Waals surface area (Å²) >= 11 is 3.34. The maximum atomic E-state index is 12.6. The van der Waals surface area contributed by atoms with Crippen LogP contribution in [0.5, 0.6) is 11.6 Å². The molecule has 2 amide bonds. The summed E-state index contributed by atoms with van der Waals surface area (Å²) in [5.74, 6) is -1.79. The number of amides is 2. The minimum Gasteiger partial charge on any atom is -0.503 e. The van der Waals surface area contributed by atoms with Crippen LogP contribution in [-0.2, 0) is 22.7 Å². The zero-order chi connectivity index (χ0) is 25.1. The fourth-order valence-electron chi connectivity index (χ4n) is 3.52. The van der Waals surface area contributed by atoms with E-state index < -0.39 is 17.1 Å². The molecule has 11 heteroatoms. The van der Waals surface area contributed by atoms with Gasteiger partial charge in [0.15, 0.2) is 11.4 Å². The molecule has 0 unspecified atom stereocenters. The number of azo groups is 1. The lowest BCUT2D eigenvalue weighted by molar-refractivity contribution is -0.119. The SMILES string of the molecule is Cc1c(O)c(=O)ccn1CC(=O)N=Nc1c(O)n(CC(=O)Nc2ccc(Br)cc2)c2ccccc12. The van der Waals surface area contributed by atoms with Crippen molar-refractivity contribution in [3.8, 4) is 11.6 Å². The van der Waals surface area contributed by atoms with E-state index in [2.05, 4.69) is 31.5 Å². The smallest absolute Gasteiger partial charge is 0.284 e. The van der Waals surface area contributed by atoms with E-state index in [1.165, 1.54) is 22.3 Å². The fourth-order valence-corrected chi connectivity index (χ4v) is 3.79. The van der Waals surface area contributed by atoms with Gasteiger partial charge in [0, 0.05) is 27.8 Å². The Kier molecular flexibility index (Phi) is 6.78. The zero-order valence-corrected chi connectivity index (χ0v) is 20.1. The van der Waals surface area contributed by atoms with Crippen LogP contribution in [0.2, 0.25) is 0 Å². The van der Waals surface area contributed by atoms with Crippen LogP contribution in [0.25, 0.3) is 10.9 Å². The Balaban J connectivity index is 1.57. The van der Waals surface area contributed by atoms with Crippen LogP contribution in [0.4, 0.5) is 11.4 Å². The number of pyridine rings is 1. The second-order valence-electron chi connectivity index (χ2n) is 7.67. The number of halogens is 1. The highest BCUT2D eigenvalue weighted by molar-refractivity contribution is 9.10. The summed E-state index contributed by atoms with van der Waals surface area (Å²) in [6, 6.07) is 15.1. The van der Waals surface area contributed by atoms with Crippen LogP contribution >= 0.6 is 15.9 Å². The molecule has 35 heavy (non-hydrogen) atoms. The number of para-hydroxylation sites is 1. The third kappa shape index (κ3) is 5.14. The first-order chi connectivity index (χ1) is 16.7. The summed E-state index contributed by atoms with van der Waals surface area (Å²) in [4.78, 5) is 36.5. The summed E-state index contributed by atoms with van der Waals surface area (Å²) in [5.41, 5.74) is 0.860. The molecule has 178 valence electrons. The molecule has 2 aromatic heterocycles. The molecule has 0 bridgehead atoms. The molecule has 0 saturated carbocycles. The molecule has 0 spiro atoms.